The highest BCUT2D eigenvalue weighted by molar-refractivity contribution is 6.99. The van der Waals surface area contributed by atoms with E-state index in [4.69, 9.17) is 0 Å². The molecule has 0 aliphatic heterocycles. The van der Waals surface area contributed by atoms with E-state index in [1.807, 2.05) is 0 Å². The zero-order valence-electron chi connectivity index (χ0n) is 10.8. The monoisotopic (exact) mass is 306 g/mol. The first-order valence-electron chi connectivity index (χ1n) is 5.71. The maximum atomic E-state index is 11.8. The topological polar surface area (TPSA) is 121 Å². The molecule has 0 unspecified atom stereocenters. The smallest absolute Gasteiger partial charge is 0.337 e. The largest absolute Gasteiger partial charge is 0.478 e. The number of nitrogens with zero attached hydrogens (tertiary/aromatic N) is 2. The second kappa shape index (κ2) is 6.09. The molecule has 0 radical (unpaired) electrons. The van der Waals surface area contributed by atoms with E-state index in [1.54, 1.807) is 0 Å². The molecule has 2 aromatic rings. The van der Waals surface area contributed by atoms with Gasteiger partial charge in [-0.05, 0) is 18.2 Å². The van der Waals surface area contributed by atoms with Crippen molar-refractivity contribution in [3.63, 3.8) is 0 Å². The van der Waals surface area contributed by atoms with Crippen LogP contribution in [0.4, 0.5) is 11.4 Å². The summed E-state index contributed by atoms with van der Waals surface area (Å²) >= 11 is 0.874. The van der Waals surface area contributed by atoms with Crippen LogP contribution in [0.5, 0.6) is 0 Å². The van der Waals surface area contributed by atoms with Crippen molar-refractivity contribution in [2.75, 3.05) is 10.6 Å². The van der Waals surface area contributed by atoms with Crippen LogP contribution in [-0.4, -0.2) is 31.6 Å². The number of carboxylic acid groups (broad SMARTS) is 1. The predicted molar refractivity (Wildman–Crippen MR) is 75.6 cm³/mol. The molecule has 0 atom stereocenters. The average Bonchev–Trinajstić information content (AvgIpc) is 2.93. The molecule has 0 saturated carbocycles. The second-order valence-corrected chi connectivity index (χ2v) is 4.55. The number of rotatable bonds is 4. The van der Waals surface area contributed by atoms with E-state index < -0.39 is 11.9 Å². The van der Waals surface area contributed by atoms with Gasteiger partial charge >= 0.3 is 5.97 Å². The fraction of sp³-hybridized carbons (Fsp3) is 0.0833. The van der Waals surface area contributed by atoms with Crippen molar-refractivity contribution in [2.24, 2.45) is 0 Å². The third kappa shape index (κ3) is 3.60. The van der Waals surface area contributed by atoms with Gasteiger partial charge in [-0.2, -0.15) is 8.75 Å². The van der Waals surface area contributed by atoms with Crippen LogP contribution in [0.3, 0.4) is 0 Å². The van der Waals surface area contributed by atoms with Gasteiger partial charge in [0.2, 0.25) is 5.91 Å². The Morgan fingerprint density at radius 2 is 2.00 bits per heavy atom. The summed E-state index contributed by atoms with van der Waals surface area (Å²) < 4.78 is 7.45. The molecule has 0 fully saturated rings. The average molecular weight is 306 g/mol. The highest BCUT2D eigenvalue weighted by atomic mass is 32.1. The van der Waals surface area contributed by atoms with E-state index in [1.165, 1.54) is 31.3 Å². The van der Waals surface area contributed by atoms with E-state index >= 15 is 0 Å². The number of hydrogen-bond donors (Lipinski definition) is 3. The number of hydrogen-bond acceptors (Lipinski definition) is 6. The molecule has 0 spiro atoms. The molecule has 8 nitrogen and oxygen atoms in total. The van der Waals surface area contributed by atoms with Crippen molar-refractivity contribution in [3.05, 3.63) is 35.7 Å². The normalized spacial score (nSPS) is 9.95. The second-order valence-electron chi connectivity index (χ2n) is 3.99. The van der Waals surface area contributed by atoms with Crippen molar-refractivity contribution >= 4 is 40.9 Å². The van der Waals surface area contributed by atoms with Crippen LogP contribution in [0.1, 0.15) is 27.8 Å². The van der Waals surface area contributed by atoms with Gasteiger partial charge in [-0.15, -0.1) is 0 Å². The van der Waals surface area contributed by atoms with E-state index in [2.05, 4.69) is 19.4 Å². The lowest BCUT2D eigenvalue weighted by Gasteiger charge is -2.09. The molecule has 0 aliphatic rings. The molecule has 0 saturated heterocycles. The summed E-state index contributed by atoms with van der Waals surface area (Å²) in [4.78, 5) is 34.1. The minimum atomic E-state index is -1.23. The van der Waals surface area contributed by atoms with Crippen LogP contribution < -0.4 is 10.6 Å². The zero-order valence-corrected chi connectivity index (χ0v) is 11.6. The SMILES string of the molecule is CC(=O)Nc1ccc(NC(=O)c2cnsn2)c(C(=O)O)c1. The molecule has 0 bridgehead atoms. The molecule has 9 heteroatoms. The summed E-state index contributed by atoms with van der Waals surface area (Å²) in [7, 11) is 0. The lowest BCUT2D eigenvalue weighted by molar-refractivity contribution is -0.114. The van der Waals surface area contributed by atoms with Crippen molar-refractivity contribution in [1.29, 1.82) is 0 Å². The van der Waals surface area contributed by atoms with E-state index in [0.29, 0.717) is 5.69 Å². The summed E-state index contributed by atoms with van der Waals surface area (Å²) in [6.07, 6.45) is 1.28. The number of carbonyl (C=O) groups is 3. The number of aromatic nitrogens is 2. The molecule has 21 heavy (non-hydrogen) atoms. The highest BCUT2D eigenvalue weighted by Crippen LogP contribution is 2.21. The minimum Gasteiger partial charge on any atom is -0.478 e. The van der Waals surface area contributed by atoms with E-state index in [9.17, 15) is 19.5 Å². The molecular weight excluding hydrogens is 296 g/mol. The summed E-state index contributed by atoms with van der Waals surface area (Å²) in [6, 6.07) is 4.15. The molecule has 1 aromatic carbocycles. The lowest BCUT2D eigenvalue weighted by atomic mass is 10.1. The highest BCUT2D eigenvalue weighted by Gasteiger charge is 2.16. The summed E-state index contributed by atoms with van der Waals surface area (Å²) in [6.45, 7) is 1.31. The molecule has 1 heterocycles. The van der Waals surface area contributed by atoms with Gasteiger partial charge in [-0.3, -0.25) is 9.59 Å². The first-order valence-corrected chi connectivity index (χ1v) is 6.44. The van der Waals surface area contributed by atoms with Gasteiger partial charge in [0.1, 0.15) is 0 Å². The van der Waals surface area contributed by atoms with Crippen molar-refractivity contribution in [3.8, 4) is 0 Å². The Bertz CT molecular complexity index is 699. The summed E-state index contributed by atoms with van der Waals surface area (Å²) in [5.74, 6) is -2.11. The third-order valence-electron chi connectivity index (χ3n) is 2.41. The van der Waals surface area contributed by atoms with Crippen LogP contribution in [-0.2, 0) is 4.79 Å². The lowest BCUT2D eigenvalue weighted by Crippen LogP contribution is -2.15. The van der Waals surface area contributed by atoms with Crippen molar-refractivity contribution in [2.45, 2.75) is 6.92 Å². The van der Waals surface area contributed by atoms with Crippen LogP contribution in [0, 0.1) is 0 Å². The Balaban J connectivity index is 2.28. The molecule has 108 valence electrons. The number of amides is 2. The quantitative estimate of drug-likeness (QED) is 0.786. The predicted octanol–water partition coefficient (Wildman–Crippen LogP) is 1.45. The molecule has 2 rings (SSSR count). The van der Waals surface area contributed by atoms with Gasteiger partial charge < -0.3 is 15.7 Å². The molecule has 1 aromatic heterocycles. The van der Waals surface area contributed by atoms with Gasteiger partial charge in [0.25, 0.3) is 5.91 Å². The molecule has 3 N–H and O–H groups in total. The van der Waals surface area contributed by atoms with Crippen LogP contribution in [0.2, 0.25) is 0 Å². The Labute approximate surface area is 123 Å². The van der Waals surface area contributed by atoms with Gasteiger partial charge in [0, 0.05) is 12.6 Å². The van der Waals surface area contributed by atoms with Gasteiger partial charge in [0.05, 0.1) is 29.2 Å². The fourth-order valence-electron chi connectivity index (χ4n) is 1.56. The maximum absolute atomic E-state index is 11.8. The fourth-order valence-corrected chi connectivity index (χ4v) is 1.97. The van der Waals surface area contributed by atoms with Crippen molar-refractivity contribution in [1.82, 2.24) is 8.75 Å². The van der Waals surface area contributed by atoms with Crippen molar-refractivity contribution < 1.29 is 19.5 Å². The summed E-state index contributed by atoms with van der Waals surface area (Å²) in [5, 5.41) is 14.1. The Morgan fingerprint density at radius 1 is 1.24 bits per heavy atom. The Kier molecular flexibility index (Phi) is 4.24. The molecular formula is C12H10N4O4S. The van der Waals surface area contributed by atoms with Crippen LogP contribution in [0.25, 0.3) is 0 Å². The number of aromatic carboxylic acids is 1. The Morgan fingerprint density at radius 3 is 2.57 bits per heavy atom. The van der Waals surface area contributed by atoms with Crippen LogP contribution in [0.15, 0.2) is 24.4 Å². The number of anilines is 2. The molecule has 0 aliphatic carbocycles. The van der Waals surface area contributed by atoms with E-state index in [0.717, 1.165) is 11.7 Å². The maximum Gasteiger partial charge on any atom is 0.337 e. The number of carbonyl (C=O) groups excluding carboxylic acids is 2. The number of carboxylic acids is 1. The van der Waals surface area contributed by atoms with E-state index in [-0.39, 0.29) is 22.9 Å². The number of nitrogens with one attached hydrogen (secondary N) is 2. The minimum absolute atomic E-state index is 0.0993. The summed E-state index contributed by atoms with van der Waals surface area (Å²) in [5.41, 5.74) is 0.392. The van der Waals surface area contributed by atoms with Gasteiger partial charge in [-0.1, -0.05) is 0 Å². The van der Waals surface area contributed by atoms with Gasteiger partial charge in [0.15, 0.2) is 5.69 Å². The van der Waals surface area contributed by atoms with Crippen LogP contribution >= 0.6 is 11.7 Å². The first kappa shape index (κ1) is 14.6. The standard InChI is InChI=1S/C12H10N4O4S/c1-6(17)14-7-2-3-9(8(4-7)12(19)20)15-11(18)10-5-13-21-16-10/h2-5H,1H3,(H,14,17)(H,15,18)(H,19,20). The zero-order chi connectivity index (χ0) is 15.4. The molecule has 2 amide bonds. The first-order chi connectivity index (χ1) is 9.97. The third-order valence-corrected chi connectivity index (χ3v) is 2.89. The van der Waals surface area contributed by atoms with Gasteiger partial charge in [-0.25, -0.2) is 4.79 Å². The Hall–Kier alpha value is -2.81. The number of benzene rings is 1.